The van der Waals surface area contributed by atoms with E-state index in [1.165, 1.54) is 12.1 Å². The topological polar surface area (TPSA) is 12.0 Å². The van der Waals surface area contributed by atoms with E-state index in [1.54, 1.807) is 0 Å². The average Bonchev–Trinajstić information content (AvgIpc) is 2.40. The molecule has 0 unspecified atom stereocenters. The summed E-state index contributed by atoms with van der Waals surface area (Å²) in [5.74, 6) is -0.508. The highest BCUT2D eigenvalue weighted by atomic mass is 35.5. The van der Waals surface area contributed by atoms with Gasteiger partial charge in [0.25, 0.3) is 0 Å². The molecule has 0 atom stereocenters. The molecule has 2 aromatic carbocycles. The van der Waals surface area contributed by atoms with Crippen LogP contribution in [0.4, 0.5) is 14.5 Å². The second-order valence-corrected chi connectivity index (χ2v) is 4.60. The first-order valence-electron chi connectivity index (χ1n) is 6.02. The molecule has 0 spiro atoms. The van der Waals surface area contributed by atoms with Gasteiger partial charge in [0.15, 0.2) is 0 Å². The van der Waals surface area contributed by atoms with Crippen LogP contribution in [0.1, 0.15) is 11.1 Å². The monoisotopic (exact) mass is 281 g/mol. The summed E-state index contributed by atoms with van der Waals surface area (Å²) in [5.41, 5.74) is 2.49. The Labute approximate surface area is 116 Å². The maximum absolute atomic E-state index is 13.4. The van der Waals surface area contributed by atoms with Gasteiger partial charge in [0, 0.05) is 29.7 Å². The zero-order valence-corrected chi connectivity index (χ0v) is 11.1. The molecule has 1 nitrogen and oxygen atoms in total. The molecule has 0 saturated carbocycles. The maximum Gasteiger partial charge on any atom is 0.131 e. The lowest BCUT2D eigenvalue weighted by molar-refractivity contribution is 0.574. The first kappa shape index (κ1) is 13.8. The molecule has 0 aliphatic carbocycles. The van der Waals surface area contributed by atoms with Crippen molar-refractivity contribution in [1.29, 1.82) is 0 Å². The van der Waals surface area contributed by atoms with E-state index < -0.39 is 11.6 Å². The summed E-state index contributed by atoms with van der Waals surface area (Å²) >= 11 is 5.66. The van der Waals surface area contributed by atoms with Crippen LogP contribution in [0, 0.1) is 11.6 Å². The fourth-order valence-corrected chi connectivity index (χ4v) is 1.98. The first-order valence-corrected chi connectivity index (χ1v) is 6.55. The maximum atomic E-state index is 13.4. The van der Waals surface area contributed by atoms with Crippen LogP contribution in [-0.4, -0.2) is 5.88 Å². The van der Waals surface area contributed by atoms with Crippen molar-refractivity contribution in [3.05, 3.63) is 65.2 Å². The van der Waals surface area contributed by atoms with E-state index in [-0.39, 0.29) is 0 Å². The molecule has 0 fully saturated rings. The van der Waals surface area contributed by atoms with Gasteiger partial charge in [-0.05, 0) is 30.2 Å². The lowest BCUT2D eigenvalue weighted by atomic mass is 10.1. The van der Waals surface area contributed by atoms with Crippen molar-refractivity contribution in [2.24, 2.45) is 0 Å². The van der Waals surface area contributed by atoms with E-state index in [1.807, 2.05) is 24.3 Å². The lowest BCUT2D eigenvalue weighted by Crippen LogP contribution is -2.02. The fraction of sp³-hybridized carbons (Fsp3) is 0.200. The second-order valence-electron chi connectivity index (χ2n) is 4.23. The van der Waals surface area contributed by atoms with E-state index in [9.17, 15) is 8.78 Å². The van der Waals surface area contributed by atoms with Crippen molar-refractivity contribution < 1.29 is 8.78 Å². The van der Waals surface area contributed by atoms with Gasteiger partial charge in [-0.2, -0.15) is 0 Å². The van der Waals surface area contributed by atoms with Gasteiger partial charge in [-0.15, -0.1) is 11.6 Å². The zero-order chi connectivity index (χ0) is 13.7. The Kier molecular flexibility index (Phi) is 4.74. The molecule has 2 rings (SSSR count). The Bertz CT molecular complexity index is 540. The summed E-state index contributed by atoms with van der Waals surface area (Å²) in [7, 11) is 0. The third-order valence-corrected chi connectivity index (χ3v) is 3.02. The molecule has 0 heterocycles. The number of hydrogen-bond donors (Lipinski definition) is 1. The van der Waals surface area contributed by atoms with Crippen molar-refractivity contribution in [1.82, 2.24) is 0 Å². The van der Waals surface area contributed by atoms with Crippen molar-refractivity contribution in [3.63, 3.8) is 0 Å². The molecule has 0 radical (unpaired) electrons. The largest absolute Gasteiger partial charge is 0.381 e. The first-order chi connectivity index (χ1) is 9.19. The molecule has 19 heavy (non-hydrogen) atoms. The van der Waals surface area contributed by atoms with Crippen LogP contribution in [0.5, 0.6) is 0 Å². The molecule has 0 aliphatic rings. The summed E-state index contributed by atoms with van der Waals surface area (Å²) in [6.45, 7) is 0.320. The Morgan fingerprint density at radius 2 is 1.74 bits per heavy atom. The minimum absolute atomic E-state index is 0.320. The number of hydrogen-bond acceptors (Lipinski definition) is 1. The van der Waals surface area contributed by atoms with Gasteiger partial charge in [0.05, 0.1) is 0 Å². The van der Waals surface area contributed by atoms with E-state index in [2.05, 4.69) is 5.32 Å². The van der Waals surface area contributed by atoms with E-state index in [0.717, 1.165) is 23.7 Å². The van der Waals surface area contributed by atoms with Gasteiger partial charge in [-0.25, -0.2) is 8.78 Å². The predicted molar refractivity (Wildman–Crippen MR) is 74.6 cm³/mol. The van der Waals surface area contributed by atoms with Crippen LogP contribution >= 0.6 is 11.6 Å². The quantitative estimate of drug-likeness (QED) is 0.803. The van der Waals surface area contributed by atoms with Gasteiger partial charge in [-0.3, -0.25) is 0 Å². The Morgan fingerprint density at radius 1 is 1.00 bits per heavy atom. The molecule has 0 aromatic heterocycles. The van der Waals surface area contributed by atoms with E-state index in [0.29, 0.717) is 18.0 Å². The molecular weight excluding hydrogens is 268 g/mol. The predicted octanol–water partition coefficient (Wildman–Crippen LogP) is 4.36. The number of nitrogens with one attached hydrogen (secondary N) is 1. The van der Waals surface area contributed by atoms with Crippen LogP contribution < -0.4 is 5.32 Å². The number of rotatable bonds is 5. The van der Waals surface area contributed by atoms with Crippen molar-refractivity contribution in [2.75, 3.05) is 11.2 Å². The second kappa shape index (κ2) is 6.53. The van der Waals surface area contributed by atoms with Crippen molar-refractivity contribution >= 4 is 17.3 Å². The van der Waals surface area contributed by atoms with Crippen LogP contribution in [0.2, 0.25) is 0 Å². The molecule has 2 aromatic rings. The molecule has 0 aliphatic heterocycles. The fourth-order valence-electron chi connectivity index (χ4n) is 1.76. The van der Waals surface area contributed by atoms with Gasteiger partial charge in [0.2, 0.25) is 0 Å². The summed E-state index contributed by atoms with van der Waals surface area (Å²) < 4.78 is 26.2. The van der Waals surface area contributed by atoms with Crippen LogP contribution in [-0.2, 0) is 13.0 Å². The van der Waals surface area contributed by atoms with Crippen LogP contribution in [0.15, 0.2) is 42.5 Å². The Hall–Kier alpha value is -1.61. The van der Waals surface area contributed by atoms with Crippen LogP contribution in [0.25, 0.3) is 0 Å². The standard InChI is InChI=1S/C15H14ClF2N/c16-8-7-11-1-5-14(6-2-11)19-10-12-3-4-13(17)9-15(12)18/h1-6,9,19H,7-8,10H2. The molecular formula is C15H14ClF2N. The van der Waals surface area contributed by atoms with Crippen molar-refractivity contribution in [2.45, 2.75) is 13.0 Å². The van der Waals surface area contributed by atoms with Gasteiger partial charge < -0.3 is 5.32 Å². The molecule has 0 saturated heterocycles. The number of alkyl halides is 1. The third kappa shape index (κ3) is 3.93. The number of anilines is 1. The third-order valence-electron chi connectivity index (χ3n) is 2.84. The molecule has 0 bridgehead atoms. The van der Waals surface area contributed by atoms with Gasteiger partial charge >= 0.3 is 0 Å². The van der Waals surface area contributed by atoms with E-state index in [4.69, 9.17) is 11.6 Å². The van der Waals surface area contributed by atoms with Crippen molar-refractivity contribution in [3.8, 4) is 0 Å². The molecule has 100 valence electrons. The normalized spacial score (nSPS) is 10.5. The lowest BCUT2D eigenvalue weighted by Gasteiger charge is -2.08. The minimum Gasteiger partial charge on any atom is -0.381 e. The summed E-state index contributed by atoms with van der Waals surface area (Å²) in [6, 6.07) is 11.4. The van der Waals surface area contributed by atoms with Gasteiger partial charge in [-0.1, -0.05) is 18.2 Å². The summed E-state index contributed by atoms with van der Waals surface area (Å²) in [5, 5.41) is 3.10. The highest BCUT2D eigenvalue weighted by Crippen LogP contribution is 2.14. The number of benzene rings is 2. The Morgan fingerprint density at radius 3 is 2.37 bits per heavy atom. The highest BCUT2D eigenvalue weighted by Gasteiger charge is 2.03. The molecule has 0 amide bonds. The molecule has 1 N–H and O–H groups in total. The molecule has 4 heteroatoms. The summed E-state index contributed by atoms with van der Waals surface area (Å²) in [4.78, 5) is 0. The number of halogens is 3. The summed E-state index contributed by atoms with van der Waals surface area (Å²) in [6.07, 6.45) is 0.828. The Balaban J connectivity index is 1.98. The highest BCUT2D eigenvalue weighted by molar-refractivity contribution is 6.17. The SMILES string of the molecule is Fc1ccc(CNc2ccc(CCCl)cc2)c(F)c1. The zero-order valence-electron chi connectivity index (χ0n) is 10.3. The van der Waals surface area contributed by atoms with Crippen LogP contribution in [0.3, 0.4) is 0 Å². The van der Waals surface area contributed by atoms with Gasteiger partial charge in [0.1, 0.15) is 11.6 Å². The minimum atomic E-state index is -0.563. The average molecular weight is 282 g/mol. The number of aryl methyl sites for hydroxylation is 1. The smallest absolute Gasteiger partial charge is 0.131 e. The van der Waals surface area contributed by atoms with E-state index >= 15 is 0 Å².